The molecule has 2 aromatic rings. The predicted molar refractivity (Wildman–Crippen MR) is 84.8 cm³/mol. The molecule has 1 aromatic carbocycles. The zero-order valence-electron chi connectivity index (χ0n) is 13.7. The fraction of sp³-hybridized carbons (Fsp3) is 0.188. The Morgan fingerprint density at radius 2 is 1.74 bits per heavy atom. The Morgan fingerprint density at radius 3 is 2.37 bits per heavy atom. The monoisotopic (exact) mass is 403 g/mol. The minimum absolute atomic E-state index is 0.148. The van der Waals surface area contributed by atoms with Gasteiger partial charge in [-0.15, -0.1) is 0 Å². The van der Waals surface area contributed by atoms with Crippen molar-refractivity contribution in [2.24, 2.45) is 7.05 Å². The van der Waals surface area contributed by atoms with Gasteiger partial charge in [-0.25, -0.2) is 4.57 Å². The Bertz CT molecular complexity index is 864. The number of carbonyl (C=O) groups is 2. The number of aromatic nitrogens is 1. The van der Waals surface area contributed by atoms with Crippen LogP contribution in [0.5, 0.6) is 0 Å². The van der Waals surface area contributed by atoms with Gasteiger partial charge in [0.25, 0.3) is 0 Å². The van der Waals surface area contributed by atoms with E-state index in [9.17, 15) is 32.3 Å². The van der Waals surface area contributed by atoms with Crippen LogP contribution in [-0.4, -0.2) is 23.7 Å². The molecular weight excluding hydrogens is 390 g/mol. The predicted octanol–water partition coefficient (Wildman–Crippen LogP) is 1.13. The third kappa shape index (κ3) is 4.48. The lowest BCUT2D eigenvalue weighted by atomic mass is 10.1. The van der Waals surface area contributed by atoms with E-state index in [1.165, 1.54) is 29.3 Å². The van der Waals surface area contributed by atoms with Crippen molar-refractivity contribution in [3.63, 3.8) is 0 Å². The average molecular weight is 403 g/mol. The van der Waals surface area contributed by atoms with Crippen molar-refractivity contribution in [2.75, 3.05) is 5.43 Å². The number of halogens is 4. The van der Waals surface area contributed by atoms with Gasteiger partial charge in [0.15, 0.2) is 12.4 Å². The second kappa shape index (κ2) is 7.82. The van der Waals surface area contributed by atoms with Gasteiger partial charge in [-0.1, -0.05) is 23.9 Å². The number of rotatable bonds is 7. The minimum Gasteiger partial charge on any atom is -0.544 e. The van der Waals surface area contributed by atoms with Crippen molar-refractivity contribution in [1.82, 2.24) is 5.43 Å². The van der Waals surface area contributed by atoms with E-state index in [-0.39, 0.29) is 5.69 Å². The SMILES string of the molecule is C[n+]1cccc(Sc2ccccc2NNC(=O)C(F)(F)C(F)(F)C(=O)[O-])c1. The van der Waals surface area contributed by atoms with Crippen molar-refractivity contribution in [3.05, 3.63) is 48.8 Å². The number of nitrogens with one attached hydrogen (secondary N) is 2. The molecule has 0 bridgehead atoms. The van der Waals surface area contributed by atoms with E-state index in [2.05, 4.69) is 5.43 Å². The highest BCUT2D eigenvalue weighted by molar-refractivity contribution is 7.99. The molecule has 2 rings (SSSR count). The number of carboxylic acid groups (broad SMARTS) is 1. The molecule has 6 nitrogen and oxygen atoms in total. The summed E-state index contributed by atoms with van der Waals surface area (Å²) in [5.41, 5.74) is 3.67. The summed E-state index contributed by atoms with van der Waals surface area (Å²) < 4.78 is 54.6. The maximum Gasteiger partial charge on any atom is 0.393 e. The molecule has 1 heterocycles. The largest absolute Gasteiger partial charge is 0.544 e. The van der Waals surface area contributed by atoms with Gasteiger partial charge in [-0.2, -0.15) is 17.6 Å². The maximum atomic E-state index is 13.4. The van der Waals surface area contributed by atoms with Crippen LogP contribution in [0.25, 0.3) is 0 Å². The van der Waals surface area contributed by atoms with Crippen LogP contribution in [0, 0.1) is 0 Å². The number of anilines is 1. The summed E-state index contributed by atoms with van der Waals surface area (Å²) >= 11 is 1.22. The summed E-state index contributed by atoms with van der Waals surface area (Å²) in [6.07, 6.45) is 3.59. The number of amides is 1. The Labute approximate surface area is 155 Å². The Hall–Kier alpha value is -2.82. The molecule has 0 atom stereocenters. The van der Waals surface area contributed by atoms with E-state index in [0.29, 0.717) is 4.90 Å². The van der Waals surface area contributed by atoms with E-state index in [1.54, 1.807) is 48.3 Å². The van der Waals surface area contributed by atoms with Crippen molar-refractivity contribution in [3.8, 4) is 0 Å². The summed E-state index contributed by atoms with van der Waals surface area (Å²) in [6, 6.07) is 9.77. The molecule has 0 aliphatic heterocycles. The number of aryl methyl sites for hydroxylation is 1. The van der Waals surface area contributed by atoms with Gasteiger partial charge in [0.05, 0.1) is 10.6 Å². The molecule has 0 spiro atoms. The molecule has 0 unspecified atom stereocenters. The van der Waals surface area contributed by atoms with Crippen molar-refractivity contribution in [1.29, 1.82) is 0 Å². The van der Waals surface area contributed by atoms with Gasteiger partial charge in [0, 0.05) is 11.0 Å². The van der Waals surface area contributed by atoms with Gasteiger partial charge < -0.3 is 9.90 Å². The summed E-state index contributed by atoms with van der Waals surface area (Å²) in [7, 11) is 1.80. The van der Waals surface area contributed by atoms with Gasteiger partial charge >= 0.3 is 17.8 Å². The number of nitrogens with zero attached hydrogens (tertiary/aromatic N) is 1. The van der Waals surface area contributed by atoms with Crippen LogP contribution in [-0.2, 0) is 16.6 Å². The number of carboxylic acids is 1. The highest BCUT2D eigenvalue weighted by Gasteiger charge is 2.63. The molecule has 0 aliphatic rings. The van der Waals surface area contributed by atoms with E-state index < -0.39 is 23.7 Å². The van der Waals surface area contributed by atoms with E-state index >= 15 is 0 Å². The van der Waals surface area contributed by atoms with Gasteiger partial charge in [-0.3, -0.25) is 15.6 Å². The van der Waals surface area contributed by atoms with Crippen molar-refractivity contribution in [2.45, 2.75) is 21.6 Å². The second-order valence-corrected chi connectivity index (χ2v) is 6.43. The molecule has 1 amide bonds. The van der Waals surface area contributed by atoms with Crippen LogP contribution in [0.1, 0.15) is 0 Å². The standard InChI is InChI=1S/C16H13F4N3O3S/c1-23-8-4-5-10(9-23)27-12-7-3-2-6-11(12)21-22-13(24)15(17,18)16(19,20)14(25)26/h2-9,21H,1H3,(H-,22,24,25,26). The molecule has 27 heavy (non-hydrogen) atoms. The van der Waals surface area contributed by atoms with Gasteiger partial charge in [0.1, 0.15) is 13.0 Å². The van der Waals surface area contributed by atoms with Crippen LogP contribution < -0.4 is 20.5 Å². The fourth-order valence-electron chi connectivity index (χ4n) is 1.88. The number of carbonyl (C=O) groups excluding carboxylic acids is 2. The number of hydrogen-bond donors (Lipinski definition) is 2. The maximum absolute atomic E-state index is 13.4. The Kier molecular flexibility index (Phi) is 5.94. The van der Waals surface area contributed by atoms with Crippen molar-refractivity contribution >= 4 is 29.3 Å². The van der Waals surface area contributed by atoms with Gasteiger partial charge in [-0.05, 0) is 18.2 Å². The topological polar surface area (TPSA) is 85.1 Å². The lowest BCUT2D eigenvalue weighted by Gasteiger charge is -2.26. The zero-order valence-corrected chi connectivity index (χ0v) is 14.5. The molecular formula is C16H13F4N3O3S. The third-order valence-electron chi connectivity index (χ3n) is 3.27. The normalized spacial score (nSPS) is 11.7. The van der Waals surface area contributed by atoms with Crippen LogP contribution in [0.3, 0.4) is 0 Å². The minimum atomic E-state index is -5.66. The van der Waals surface area contributed by atoms with Crippen LogP contribution in [0.2, 0.25) is 0 Å². The molecule has 11 heteroatoms. The molecule has 144 valence electrons. The summed E-state index contributed by atoms with van der Waals surface area (Å²) in [5, 5.41) is 10.2. The molecule has 0 fully saturated rings. The quantitative estimate of drug-likeness (QED) is 0.411. The lowest BCUT2D eigenvalue weighted by molar-refractivity contribution is -0.673. The number of para-hydroxylation sites is 1. The molecule has 0 saturated heterocycles. The number of benzene rings is 1. The Balaban J connectivity index is 2.15. The first kappa shape index (κ1) is 20.5. The molecule has 0 saturated carbocycles. The highest BCUT2D eigenvalue weighted by atomic mass is 32.2. The number of hydrogen-bond acceptors (Lipinski definition) is 5. The van der Waals surface area contributed by atoms with E-state index in [4.69, 9.17) is 0 Å². The highest BCUT2D eigenvalue weighted by Crippen LogP contribution is 2.35. The number of hydrazine groups is 1. The lowest BCUT2D eigenvalue weighted by Crippen LogP contribution is -2.61. The molecule has 1 aromatic heterocycles. The zero-order chi connectivity index (χ0) is 20.2. The molecule has 0 aliphatic carbocycles. The molecule has 2 N–H and O–H groups in total. The summed E-state index contributed by atoms with van der Waals surface area (Å²) in [4.78, 5) is 22.9. The number of pyridine rings is 1. The first-order chi connectivity index (χ1) is 12.6. The van der Waals surface area contributed by atoms with Crippen LogP contribution >= 0.6 is 11.8 Å². The fourth-order valence-corrected chi connectivity index (χ4v) is 2.88. The second-order valence-electron chi connectivity index (χ2n) is 5.32. The average Bonchev–Trinajstić information content (AvgIpc) is 2.60. The van der Waals surface area contributed by atoms with E-state index in [0.717, 1.165) is 4.90 Å². The smallest absolute Gasteiger partial charge is 0.393 e. The number of alkyl halides is 4. The van der Waals surface area contributed by atoms with Crippen LogP contribution in [0.15, 0.2) is 58.6 Å². The summed E-state index contributed by atoms with van der Waals surface area (Å²) in [6.45, 7) is 0. The van der Waals surface area contributed by atoms with Gasteiger partial charge in [0.2, 0.25) is 0 Å². The first-order valence-corrected chi connectivity index (χ1v) is 8.13. The van der Waals surface area contributed by atoms with Crippen LogP contribution in [0.4, 0.5) is 23.2 Å². The van der Waals surface area contributed by atoms with Crippen molar-refractivity contribution < 1.29 is 36.8 Å². The molecule has 0 radical (unpaired) electrons. The third-order valence-corrected chi connectivity index (χ3v) is 4.33. The van der Waals surface area contributed by atoms with E-state index in [1.807, 2.05) is 0 Å². The summed E-state index contributed by atoms with van der Waals surface area (Å²) in [5.74, 6) is -17.0. The first-order valence-electron chi connectivity index (χ1n) is 7.31. The number of aliphatic carboxylic acids is 1. The Morgan fingerprint density at radius 1 is 1.07 bits per heavy atom.